The van der Waals surface area contributed by atoms with Crippen molar-refractivity contribution in [2.75, 3.05) is 18.1 Å². The third kappa shape index (κ3) is 6.14. The van der Waals surface area contributed by atoms with Crippen LogP contribution >= 0.6 is 11.8 Å². The summed E-state index contributed by atoms with van der Waals surface area (Å²) in [6, 6.07) is 0. The highest BCUT2D eigenvalue weighted by molar-refractivity contribution is 8.08. The zero-order chi connectivity index (χ0) is 17.9. The Morgan fingerprint density at radius 2 is 1.60 bits per heavy atom. The molecule has 1 atom stereocenters. The Hall–Kier alpha value is -0.270. The zero-order valence-corrected chi connectivity index (χ0v) is 16.7. The molecular formula is C18H31NO4S2. The predicted octanol–water partition coefficient (Wildman–Crippen LogP) is 2.54. The Labute approximate surface area is 155 Å². The molecule has 144 valence electrons. The number of thioether (sulfide) groups is 1. The lowest BCUT2D eigenvalue weighted by molar-refractivity contribution is -0.119. The van der Waals surface area contributed by atoms with Gasteiger partial charge in [-0.05, 0) is 57.3 Å². The van der Waals surface area contributed by atoms with Gasteiger partial charge in [0.2, 0.25) is 5.91 Å². The van der Waals surface area contributed by atoms with E-state index in [-0.39, 0.29) is 17.3 Å². The minimum Gasteiger partial charge on any atom is -0.375 e. The van der Waals surface area contributed by atoms with Gasteiger partial charge in [-0.25, -0.2) is 8.42 Å². The maximum absolute atomic E-state index is 12.4. The molecule has 3 fully saturated rings. The van der Waals surface area contributed by atoms with E-state index in [9.17, 15) is 13.2 Å². The van der Waals surface area contributed by atoms with Gasteiger partial charge in [-0.2, -0.15) is 11.8 Å². The van der Waals surface area contributed by atoms with Crippen LogP contribution in [-0.4, -0.2) is 55.1 Å². The maximum atomic E-state index is 12.4. The molecule has 7 heteroatoms. The normalized spacial score (nSPS) is 36.0. The van der Waals surface area contributed by atoms with Gasteiger partial charge in [-0.15, -0.1) is 0 Å². The lowest BCUT2D eigenvalue weighted by atomic mass is 9.87. The van der Waals surface area contributed by atoms with Crippen molar-refractivity contribution in [3.63, 3.8) is 0 Å². The molecule has 2 saturated carbocycles. The number of carbonyl (C=O) groups excluding carboxylic acids is 1. The first-order chi connectivity index (χ1) is 11.9. The van der Waals surface area contributed by atoms with Crippen LogP contribution in [0.2, 0.25) is 0 Å². The Bertz CT molecular complexity index is 545. The minimum atomic E-state index is -2.91. The molecule has 1 aliphatic heterocycles. The van der Waals surface area contributed by atoms with Crippen LogP contribution in [0.5, 0.6) is 0 Å². The Morgan fingerprint density at radius 3 is 2.12 bits per heavy atom. The van der Waals surface area contributed by atoms with Crippen molar-refractivity contribution < 1.29 is 17.9 Å². The molecule has 1 heterocycles. The summed E-state index contributed by atoms with van der Waals surface area (Å²) >= 11 is 1.76. The summed E-state index contributed by atoms with van der Waals surface area (Å²) in [5, 5.41) is 3.14. The maximum Gasteiger partial charge on any atom is 0.216 e. The van der Waals surface area contributed by atoms with Gasteiger partial charge in [0, 0.05) is 24.5 Å². The fraction of sp³-hybridized carbons (Fsp3) is 0.944. The second-order valence-corrected chi connectivity index (χ2v) is 11.6. The Balaban J connectivity index is 1.35. The average molecular weight is 390 g/mol. The molecule has 3 aliphatic rings. The number of hydrogen-bond acceptors (Lipinski definition) is 5. The van der Waals surface area contributed by atoms with E-state index in [2.05, 4.69) is 5.32 Å². The van der Waals surface area contributed by atoms with Crippen LogP contribution in [-0.2, 0) is 19.4 Å². The van der Waals surface area contributed by atoms with Gasteiger partial charge < -0.3 is 10.1 Å². The molecule has 0 aromatic heterocycles. The third-order valence-corrected chi connectivity index (χ3v) is 9.30. The van der Waals surface area contributed by atoms with Crippen molar-refractivity contribution in [3.8, 4) is 0 Å². The molecule has 1 amide bonds. The fourth-order valence-corrected chi connectivity index (χ4v) is 7.37. The van der Waals surface area contributed by atoms with Crippen LogP contribution < -0.4 is 5.32 Å². The van der Waals surface area contributed by atoms with Gasteiger partial charge in [0.05, 0.1) is 23.2 Å². The molecule has 0 radical (unpaired) electrons. The lowest BCUT2D eigenvalue weighted by Gasteiger charge is -2.34. The van der Waals surface area contributed by atoms with Crippen LogP contribution in [0.15, 0.2) is 0 Å². The number of hydrogen-bond donors (Lipinski definition) is 1. The molecule has 1 unspecified atom stereocenters. The van der Waals surface area contributed by atoms with Crippen LogP contribution in [0.3, 0.4) is 0 Å². The monoisotopic (exact) mass is 389 g/mol. The Morgan fingerprint density at radius 1 is 1.04 bits per heavy atom. The van der Waals surface area contributed by atoms with Crippen molar-refractivity contribution in [3.05, 3.63) is 0 Å². The standard InChI is InChI=1S/C18H31NO4S2/c1-13(20)19-10-14-2-4-15(5-3-14)23-16-6-8-18(9-7-16)25(21,22)12-17-11-24-17/h14-18H,2-12H2,1H3,(H,19,20). The van der Waals surface area contributed by atoms with Gasteiger partial charge in [-0.3, -0.25) is 4.79 Å². The first-order valence-corrected chi connectivity index (χ1v) is 12.4. The van der Waals surface area contributed by atoms with E-state index in [4.69, 9.17) is 4.74 Å². The smallest absolute Gasteiger partial charge is 0.216 e. The second-order valence-electron chi connectivity index (χ2n) is 7.90. The van der Waals surface area contributed by atoms with Crippen LogP contribution in [0.25, 0.3) is 0 Å². The molecule has 1 N–H and O–H groups in total. The topological polar surface area (TPSA) is 72.5 Å². The van der Waals surface area contributed by atoms with E-state index in [1.165, 1.54) is 0 Å². The molecule has 0 bridgehead atoms. The number of amides is 1. The molecular weight excluding hydrogens is 358 g/mol. The van der Waals surface area contributed by atoms with Gasteiger partial charge in [0.1, 0.15) is 0 Å². The number of nitrogens with one attached hydrogen (secondary N) is 1. The van der Waals surface area contributed by atoms with Gasteiger partial charge >= 0.3 is 0 Å². The number of rotatable bonds is 7. The van der Waals surface area contributed by atoms with Gasteiger partial charge in [-0.1, -0.05) is 0 Å². The van der Waals surface area contributed by atoms with E-state index < -0.39 is 9.84 Å². The summed E-state index contributed by atoms with van der Waals surface area (Å²) in [7, 11) is -2.91. The summed E-state index contributed by atoms with van der Waals surface area (Å²) in [6.45, 7) is 2.35. The van der Waals surface area contributed by atoms with Crippen LogP contribution in [0.4, 0.5) is 0 Å². The SMILES string of the molecule is CC(=O)NCC1CCC(OC2CCC(S(=O)(=O)CC3CS3)CC2)CC1. The molecule has 1 saturated heterocycles. The van der Waals surface area contributed by atoms with Crippen LogP contribution in [0, 0.1) is 5.92 Å². The van der Waals surface area contributed by atoms with Crippen molar-refractivity contribution in [2.24, 2.45) is 5.92 Å². The van der Waals surface area contributed by atoms with E-state index in [1.54, 1.807) is 18.7 Å². The highest BCUT2D eigenvalue weighted by Gasteiger charge is 2.37. The van der Waals surface area contributed by atoms with Crippen molar-refractivity contribution in [1.29, 1.82) is 0 Å². The molecule has 25 heavy (non-hydrogen) atoms. The van der Waals surface area contributed by atoms with Crippen LogP contribution in [0.1, 0.15) is 58.3 Å². The van der Waals surface area contributed by atoms with E-state index in [0.717, 1.165) is 63.7 Å². The summed E-state index contributed by atoms with van der Waals surface area (Å²) in [5.41, 5.74) is 0. The van der Waals surface area contributed by atoms with Crippen molar-refractivity contribution in [2.45, 2.75) is 81.0 Å². The molecule has 0 spiro atoms. The van der Waals surface area contributed by atoms with Crippen molar-refractivity contribution in [1.82, 2.24) is 5.32 Å². The average Bonchev–Trinajstić information content (AvgIpc) is 3.38. The number of carbonyl (C=O) groups is 1. The van der Waals surface area contributed by atoms with Gasteiger partial charge in [0.25, 0.3) is 0 Å². The fourth-order valence-electron chi connectivity index (χ4n) is 4.12. The minimum absolute atomic E-state index is 0.0466. The Kier molecular flexibility index (Phi) is 6.71. The predicted molar refractivity (Wildman–Crippen MR) is 102 cm³/mol. The van der Waals surface area contributed by atoms with Gasteiger partial charge in [0.15, 0.2) is 9.84 Å². The lowest BCUT2D eigenvalue weighted by Crippen LogP contribution is -2.36. The first-order valence-electron chi connectivity index (χ1n) is 9.65. The molecule has 0 aromatic rings. The summed E-state index contributed by atoms with van der Waals surface area (Å²) in [6.07, 6.45) is 8.17. The zero-order valence-electron chi connectivity index (χ0n) is 15.1. The highest BCUT2D eigenvalue weighted by atomic mass is 32.2. The molecule has 2 aliphatic carbocycles. The third-order valence-electron chi connectivity index (χ3n) is 5.77. The first kappa shape index (κ1) is 19.5. The highest BCUT2D eigenvalue weighted by Crippen LogP contribution is 2.35. The van der Waals surface area contributed by atoms with E-state index in [0.29, 0.717) is 23.0 Å². The number of ether oxygens (including phenoxy) is 1. The molecule has 5 nitrogen and oxygen atoms in total. The van der Waals surface area contributed by atoms with E-state index >= 15 is 0 Å². The largest absolute Gasteiger partial charge is 0.375 e. The van der Waals surface area contributed by atoms with E-state index in [1.807, 2.05) is 0 Å². The summed E-state index contributed by atoms with van der Waals surface area (Å²) < 4.78 is 31.1. The molecule has 3 rings (SSSR count). The summed E-state index contributed by atoms with van der Waals surface area (Å²) in [5.74, 6) is 2.02. The molecule has 0 aromatic carbocycles. The summed E-state index contributed by atoms with van der Waals surface area (Å²) in [4.78, 5) is 11.0. The number of sulfone groups is 1. The van der Waals surface area contributed by atoms with Crippen molar-refractivity contribution >= 4 is 27.5 Å². The second kappa shape index (κ2) is 8.61. The quantitative estimate of drug-likeness (QED) is 0.678.